The van der Waals surface area contributed by atoms with Crippen LogP contribution in [0.4, 0.5) is 11.5 Å². The van der Waals surface area contributed by atoms with Crippen molar-refractivity contribution in [3.63, 3.8) is 0 Å². The van der Waals surface area contributed by atoms with Gasteiger partial charge < -0.3 is 15.4 Å². The number of nitrogens with zero attached hydrogens (tertiary/aromatic N) is 3. The highest BCUT2D eigenvalue weighted by Crippen LogP contribution is 2.25. The number of ether oxygens (including phenoxy) is 1. The molecule has 0 amide bonds. The Morgan fingerprint density at radius 1 is 0.929 bits per heavy atom. The molecule has 5 heteroatoms. The van der Waals surface area contributed by atoms with E-state index in [1.165, 1.54) is 50.0 Å². The van der Waals surface area contributed by atoms with Gasteiger partial charge in [-0.3, -0.25) is 4.90 Å². The summed E-state index contributed by atoms with van der Waals surface area (Å²) in [6, 6.07) is 12.8. The minimum Gasteiger partial charge on any atom is -0.490 e. The Balaban J connectivity index is 1.25. The zero-order valence-electron chi connectivity index (χ0n) is 16.7. The van der Waals surface area contributed by atoms with Crippen molar-refractivity contribution in [2.24, 2.45) is 0 Å². The van der Waals surface area contributed by atoms with Crippen molar-refractivity contribution >= 4 is 11.5 Å². The molecule has 0 aliphatic carbocycles. The monoisotopic (exact) mass is 380 g/mol. The van der Waals surface area contributed by atoms with E-state index >= 15 is 0 Å². The van der Waals surface area contributed by atoms with Crippen LogP contribution in [0.2, 0.25) is 0 Å². The van der Waals surface area contributed by atoms with E-state index in [1.807, 2.05) is 12.1 Å². The third-order valence-corrected chi connectivity index (χ3v) is 5.90. The largest absolute Gasteiger partial charge is 0.490 e. The van der Waals surface area contributed by atoms with Gasteiger partial charge in [-0.1, -0.05) is 12.8 Å². The summed E-state index contributed by atoms with van der Waals surface area (Å²) in [7, 11) is 0. The number of anilines is 2. The van der Waals surface area contributed by atoms with Gasteiger partial charge in [0.15, 0.2) is 0 Å². The molecular weight excluding hydrogens is 348 g/mol. The van der Waals surface area contributed by atoms with Gasteiger partial charge in [0.2, 0.25) is 0 Å². The summed E-state index contributed by atoms with van der Waals surface area (Å²) in [6.45, 7) is 5.41. The molecule has 5 nitrogen and oxygen atoms in total. The van der Waals surface area contributed by atoms with Crippen molar-refractivity contribution in [2.45, 2.75) is 51.2 Å². The van der Waals surface area contributed by atoms with E-state index in [-0.39, 0.29) is 0 Å². The molecule has 2 aromatic rings. The Kier molecular flexibility index (Phi) is 6.32. The number of pyridine rings is 1. The highest BCUT2D eigenvalue weighted by molar-refractivity contribution is 5.49. The summed E-state index contributed by atoms with van der Waals surface area (Å²) in [5, 5.41) is 0. The van der Waals surface area contributed by atoms with Gasteiger partial charge >= 0.3 is 0 Å². The first-order valence-corrected chi connectivity index (χ1v) is 10.7. The first-order chi connectivity index (χ1) is 13.8. The molecule has 2 aliphatic rings. The highest BCUT2D eigenvalue weighted by Gasteiger charge is 2.21. The lowest BCUT2D eigenvalue weighted by Crippen LogP contribution is -2.37. The van der Waals surface area contributed by atoms with Gasteiger partial charge in [-0.05, 0) is 67.6 Å². The van der Waals surface area contributed by atoms with Crippen molar-refractivity contribution in [3.05, 3.63) is 48.2 Å². The number of benzene rings is 1. The van der Waals surface area contributed by atoms with Crippen LogP contribution in [0, 0.1) is 0 Å². The summed E-state index contributed by atoms with van der Waals surface area (Å²) in [5.74, 6) is 1.60. The molecule has 3 heterocycles. The van der Waals surface area contributed by atoms with E-state index in [0.717, 1.165) is 38.2 Å². The lowest BCUT2D eigenvalue weighted by atomic mass is 10.1. The molecule has 1 aromatic heterocycles. The Morgan fingerprint density at radius 3 is 2.32 bits per heavy atom. The molecule has 2 saturated heterocycles. The van der Waals surface area contributed by atoms with Crippen molar-refractivity contribution in [2.75, 3.05) is 36.8 Å². The van der Waals surface area contributed by atoms with Crippen LogP contribution in [0.25, 0.3) is 0 Å². The van der Waals surface area contributed by atoms with Crippen molar-refractivity contribution in [1.29, 1.82) is 0 Å². The van der Waals surface area contributed by atoms with E-state index < -0.39 is 0 Å². The third-order valence-electron chi connectivity index (χ3n) is 5.90. The fraction of sp³-hybridized carbons (Fsp3) is 0.522. The number of nitrogens with two attached hydrogens (primary N) is 1. The average molecular weight is 381 g/mol. The van der Waals surface area contributed by atoms with Crippen LogP contribution in [-0.2, 0) is 6.54 Å². The smallest absolute Gasteiger partial charge is 0.123 e. The molecule has 2 fully saturated rings. The number of hydrogen-bond acceptors (Lipinski definition) is 5. The highest BCUT2D eigenvalue weighted by atomic mass is 16.5. The molecule has 1 aromatic carbocycles. The first kappa shape index (κ1) is 19.1. The fourth-order valence-corrected chi connectivity index (χ4v) is 4.29. The SMILES string of the molecule is Nc1cc(CN2CCC(Oc3ccc(N4CCCCCC4)cc3)CC2)ccn1. The van der Waals surface area contributed by atoms with Gasteiger partial charge in [0.05, 0.1) is 0 Å². The van der Waals surface area contributed by atoms with Gasteiger partial charge in [-0.15, -0.1) is 0 Å². The average Bonchev–Trinajstić information content (AvgIpc) is 3.00. The molecular formula is C23H32N4O. The Labute approximate surface area is 168 Å². The number of likely N-dealkylation sites (tertiary alicyclic amines) is 1. The molecule has 0 bridgehead atoms. The Morgan fingerprint density at radius 2 is 1.64 bits per heavy atom. The molecule has 0 radical (unpaired) electrons. The minimum absolute atomic E-state index is 0.308. The Bertz CT molecular complexity index is 733. The maximum atomic E-state index is 6.26. The van der Waals surface area contributed by atoms with Crippen LogP contribution in [0.15, 0.2) is 42.6 Å². The van der Waals surface area contributed by atoms with Crippen LogP contribution in [0.3, 0.4) is 0 Å². The third kappa shape index (κ3) is 5.16. The van der Waals surface area contributed by atoms with E-state index in [0.29, 0.717) is 11.9 Å². The number of piperidine rings is 1. The maximum absolute atomic E-state index is 6.26. The molecule has 0 spiro atoms. The van der Waals surface area contributed by atoms with Crippen molar-refractivity contribution < 1.29 is 4.74 Å². The molecule has 2 aliphatic heterocycles. The second-order valence-electron chi connectivity index (χ2n) is 8.08. The standard InChI is InChI=1S/C23H32N4O/c24-23-17-19(9-12-25-23)18-26-15-10-22(11-16-26)28-21-7-5-20(6-8-21)27-13-3-1-2-4-14-27/h5-9,12,17,22H,1-4,10-11,13-16,18H2,(H2,24,25). The van der Waals surface area contributed by atoms with Gasteiger partial charge in [0.25, 0.3) is 0 Å². The predicted molar refractivity (Wildman–Crippen MR) is 115 cm³/mol. The summed E-state index contributed by atoms with van der Waals surface area (Å²) in [5.41, 5.74) is 8.35. The second-order valence-corrected chi connectivity index (χ2v) is 8.08. The van der Waals surface area contributed by atoms with E-state index in [1.54, 1.807) is 6.20 Å². The maximum Gasteiger partial charge on any atom is 0.123 e. The van der Waals surface area contributed by atoms with Crippen LogP contribution in [0.5, 0.6) is 5.75 Å². The van der Waals surface area contributed by atoms with Crippen LogP contribution in [0.1, 0.15) is 44.1 Å². The molecule has 28 heavy (non-hydrogen) atoms. The number of rotatable bonds is 5. The first-order valence-electron chi connectivity index (χ1n) is 10.7. The summed E-state index contributed by atoms with van der Waals surface area (Å²) in [6.07, 6.45) is 9.57. The van der Waals surface area contributed by atoms with Gasteiger partial charge in [-0.2, -0.15) is 0 Å². The molecule has 150 valence electrons. The zero-order valence-corrected chi connectivity index (χ0v) is 16.7. The van der Waals surface area contributed by atoms with Crippen LogP contribution in [-0.4, -0.2) is 42.2 Å². The van der Waals surface area contributed by atoms with E-state index in [9.17, 15) is 0 Å². The summed E-state index contributed by atoms with van der Waals surface area (Å²) >= 11 is 0. The van der Waals surface area contributed by atoms with Crippen LogP contribution < -0.4 is 15.4 Å². The van der Waals surface area contributed by atoms with Gasteiger partial charge in [-0.25, -0.2) is 4.98 Å². The summed E-state index contributed by atoms with van der Waals surface area (Å²) < 4.78 is 6.26. The molecule has 2 N–H and O–H groups in total. The quantitative estimate of drug-likeness (QED) is 0.847. The summed E-state index contributed by atoms with van der Waals surface area (Å²) in [4.78, 5) is 9.05. The van der Waals surface area contributed by atoms with Gasteiger partial charge in [0.1, 0.15) is 17.7 Å². The lowest BCUT2D eigenvalue weighted by molar-refractivity contribution is 0.0968. The molecule has 0 atom stereocenters. The normalized spacial score (nSPS) is 19.4. The molecule has 4 rings (SSSR count). The van der Waals surface area contributed by atoms with E-state index in [2.05, 4.69) is 39.0 Å². The van der Waals surface area contributed by atoms with Crippen LogP contribution >= 0.6 is 0 Å². The topological polar surface area (TPSA) is 54.6 Å². The minimum atomic E-state index is 0.308. The Hall–Kier alpha value is -2.27. The number of aromatic nitrogens is 1. The predicted octanol–water partition coefficient (Wildman–Crippen LogP) is 4.09. The molecule has 0 saturated carbocycles. The fourth-order valence-electron chi connectivity index (χ4n) is 4.29. The number of hydrogen-bond donors (Lipinski definition) is 1. The zero-order chi connectivity index (χ0) is 19.2. The lowest BCUT2D eigenvalue weighted by Gasteiger charge is -2.32. The second kappa shape index (κ2) is 9.28. The van der Waals surface area contributed by atoms with Crippen molar-refractivity contribution in [1.82, 2.24) is 9.88 Å². The van der Waals surface area contributed by atoms with Gasteiger partial charge in [0, 0.05) is 44.6 Å². The van der Waals surface area contributed by atoms with Crippen molar-refractivity contribution in [3.8, 4) is 5.75 Å². The molecule has 0 unspecified atom stereocenters. The van der Waals surface area contributed by atoms with E-state index in [4.69, 9.17) is 10.5 Å². The number of nitrogen functional groups attached to an aromatic ring is 1.